The van der Waals surface area contributed by atoms with Gasteiger partial charge in [0.25, 0.3) is 5.91 Å². The minimum atomic E-state index is -3.62. The smallest absolute Gasteiger partial charge is 0.265 e. The van der Waals surface area contributed by atoms with E-state index in [0.717, 1.165) is 31.5 Å². The number of carbonyl (C=O) groups excluding carboxylic acids is 1. The quantitative estimate of drug-likeness (QED) is 0.670. The van der Waals surface area contributed by atoms with Crippen molar-refractivity contribution >= 4 is 21.6 Å². The molecule has 1 aliphatic rings. The predicted octanol–water partition coefficient (Wildman–Crippen LogP) is 3.15. The molecular weight excluding hydrogens is 400 g/mol. The highest BCUT2D eigenvalue weighted by molar-refractivity contribution is 7.89. The number of amides is 1. The van der Waals surface area contributed by atoms with Gasteiger partial charge in [0.15, 0.2) is 0 Å². The Hall–Kier alpha value is -2.32. The summed E-state index contributed by atoms with van der Waals surface area (Å²) in [6.45, 7) is 6.20. The maximum absolute atomic E-state index is 12.9. The molecule has 1 atom stereocenters. The van der Waals surface area contributed by atoms with Crippen molar-refractivity contribution in [1.82, 2.24) is 8.87 Å². The molecule has 1 unspecified atom stereocenters. The van der Waals surface area contributed by atoms with Crippen molar-refractivity contribution in [3.05, 3.63) is 47.8 Å². The molecular formula is C22H32N4O3S. The van der Waals surface area contributed by atoms with Crippen molar-refractivity contribution in [3.63, 3.8) is 0 Å². The molecule has 0 bridgehead atoms. The highest BCUT2D eigenvalue weighted by Crippen LogP contribution is 2.26. The number of carbonyl (C=O) groups is 1. The summed E-state index contributed by atoms with van der Waals surface area (Å²) in [5.41, 5.74) is 7.94. The Morgan fingerprint density at radius 1 is 1.23 bits per heavy atom. The molecule has 2 aromatic rings. The van der Waals surface area contributed by atoms with E-state index in [2.05, 4.69) is 43.4 Å². The number of aryl methyl sites for hydroxylation is 1. The zero-order chi connectivity index (χ0) is 21.9. The molecule has 1 aromatic heterocycles. The van der Waals surface area contributed by atoms with E-state index in [1.807, 2.05) is 0 Å². The highest BCUT2D eigenvalue weighted by Gasteiger charge is 2.30. The number of sulfonamides is 1. The van der Waals surface area contributed by atoms with Crippen LogP contribution in [0.2, 0.25) is 0 Å². The van der Waals surface area contributed by atoms with E-state index >= 15 is 0 Å². The monoisotopic (exact) mass is 432 g/mol. The van der Waals surface area contributed by atoms with E-state index in [0.29, 0.717) is 24.9 Å². The number of hydrogen-bond donors (Lipinski definition) is 2. The molecule has 0 radical (unpaired) electrons. The lowest BCUT2D eigenvalue weighted by Gasteiger charge is -2.31. The van der Waals surface area contributed by atoms with Crippen LogP contribution in [0.1, 0.15) is 55.1 Å². The largest absolute Gasteiger partial charge is 0.385 e. The summed E-state index contributed by atoms with van der Waals surface area (Å²) in [6.07, 6.45) is 4.17. The Bertz CT molecular complexity index is 974. The number of rotatable bonds is 8. The van der Waals surface area contributed by atoms with E-state index in [-0.39, 0.29) is 10.6 Å². The van der Waals surface area contributed by atoms with E-state index < -0.39 is 15.9 Å². The first-order chi connectivity index (χ1) is 14.2. The number of nitrogens with zero attached hydrogens (tertiary/aromatic N) is 2. The standard InChI is InChI=1S/C22H32N4O3S/c1-4-16(2)18-5-7-19(8-6-18)24-14-17-9-11-26(12-10-17)30(28,29)20-13-21(22(23)27)25(3)15-20/h5-8,13,15-17,24H,4,9-12,14H2,1-3H3,(H2,23,27). The van der Waals surface area contributed by atoms with Crippen LogP contribution in [0.15, 0.2) is 41.4 Å². The topological polar surface area (TPSA) is 97.4 Å². The molecule has 7 nitrogen and oxygen atoms in total. The molecule has 3 rings (SSSR count). The van der Waals surface area contributed by atoms with Gasteiger partial charge in [-0.2, -0.15) is 4.31 Å². The van der Waals surface area contributed by atoms with E-state index in [1.165, 1.54) is 26.7 Å². The number of nitrogens with two attached hydrogens (primary N) is 1. The summed E-state index contributed by atoms with van der Waals surface area (Å²) in [5.74, 6) is 0.345. The molecule has 1 aliphatic heterocycles. The lowest BCUT2D eigenvalue weighted by Crippen LogP contribution is -2.39. The van der Waals surface area contributed by atoms with Crippen molar-refractivity contribution in [3.8, 4) is 0 Å². The van der Waals surface area contributed by atoms with Gasteiger partial charge in [-0.25, -0.2) is 8.42 Å². The average Bonchev–Trinajstić information content (AvgIpc) is 3.15. The van der Waals surface area contributed by atoms with Gasteiger partial charge in [-0.05, 0) is 54.9 Å². The van der Waals surface area contributed by atoms with E-state index in [4.69, 9.17) is 5.73 Å². The van der Waals surface area contributed by atoms with Gasteiger partial charge in [0.05, 0.1) is 0 Å². The molecule has 8 heteroatoms. The molecule has 1 aromatic carbocycles. The maximum Gasteiger partial charge on any atom is 0.265 e. The molecule has 0 spiro atoms. The van der Waals surface area contributed by atoms with Crippen molar-refractivity contribution in [1.29, 1.82) is 0 Å². The maximum atomic E-state index is 12.9. The van der Waals surface area contributed by atoms with Gasteiger partial charge >= 0.3 is 0 Å². The lowest BCUT2D eigenvalue weighted by molar-refractivity contribution is 0.0992. The molecule has 0 saturated carbocycles. The second-order valence-corrected chi connectivity index (χ2v) is 10.1. The molecule has 0 aliphatic carbocycles. The number of aromatic nitrogens is 1. The number of primary amides is 1. The third-order valence-electron chi connectivity index (χ3n) is 6.13. The third-order valence-corrected chi connectivity index (χ3v) is 7.99. The molecule has 1 amide bonds. The van der Waals surface area contributed by atoms with Crippen molar-refractivity contribution in [2.75, 3.05) is 25.0 Å². The Labute approximate surface area is 179 Å². The van der Waals surface area contributed by atoms with Crippen LogP contribution in [-0.4, -0.2) is 42.8 Å². The summed E-state index contributed by atoms with van der Waals surface area (Å²) < 4.78 is 28.8. The van der Waals surface area contributed by atoms with Gasteiger partial charge in [-0.15, -0.1) is 0 Å². The Kier molecular flexibility index (Phi) is 6.88. The second kappa shape index (κ2) is 9.22. The van der Waals surface area contributed by atoms with Crippen LogP contribution in [0.5, 0.6) is 0 Å². The second-order valence-electron chi connectivity index (χ2n) is 8.20. The highest BCUT2D eigenvalue weighted by atomic mass is 32.2. The van der Waals surface area contributed by atoms with Crippen LogP contribution in [-0.2, 0) is 17.1 Å². The normalized spacial score (nSPS) is 17.0. The number of nitrogens with one attached hydrogen (secondary N) is 1. The first-order valence-electron chi connectivity index (χ1n) is 10.5. The average molecular weight is 433 g/mol. The minimum Gasteiger partial charge on any atom is -0.385 e. The van der Waals surface area contributed by atoms with Gasteiger partial charge in [0.2, 0.25) is 10.0 Å². The SMILES string of the molecule is CCC(C)c1ccc(NCC2CCN(S(=O)(=O)c3cc(C(N)=O)n(C)c3)CC2)cc1. The number of hydrogen-bond acceptors (Lipinski definition) is 4. The summed E-state index contributed by atoms with van der Waals surface area (Å²) in [6, 6.07) is 9.94. The Morgan fingerprint density at radius 3 is 2.40 bits per heavy atom. The van der Waals surface area contributed by atoms with Crippen LogP contribution in [0.3, 0.4) is 0 Å². The van der Waals surface area contributed by atoms with Gasteiger partial charge in [0, 0.05) is 38.6 Å². The van der Waals surface area contributed by atoms with Crippen LogP contribution in [0.25, 0.3) is 0 Å². The zero-order valence-electron chi connectivity index (χ0n) is 18.0. The van der Waals surface area contributed by atoms with E-state index in [1.54, 1.807) is 7.05 Å². The van der Waals surface area contributed by atoms with Gasteiger partial charge in [-0.3, -0.25) is 4.79 Å². The molecule has 30 heavy (non-hydrogen) atoms. The van der Waals surface area contributed by atoms with Crippen molar-refractivity contribution < 1.29 is 13.2 Å². The van der Waals surface area contributed by atoms with Gasteiger partial charge in [0.1, 0.15) is 10.6 Å². The fourth-order valence-electron chi connectivity index (χ4n) is 3.85. The summed E-state index contributed by atoms with van der Waals surface area (Å²) in [5, 5.41) is 3.48. The molecule has 1 fully saturated rings. The lowest BCUT2D eigenvalue weighted by atomic mass is 9.97. The van der Waals surface area contributed by atoms with Crippen LogP contribution < -0.4 is 11.1 Å². The number of piperidine rings is 1. The third kappa shape index (κ3) is 4.87. The fourth-order valence-corrected chi connectivity index (χ4v) is 5.39. The van der Waals surface area contributed by atoms with Crippen molar-refractivity contribution in [2.24, 2.45) is 18.7 Å². The predicted molar refractivity (Wildman–Crippen MR) is 119 cm³/mol. The molecule has 3 N–H and O–H groups in total. The number of benzene rings is 1. The first-order valence-corrected chi connectivity index (χ1v) is 12.0. The Balaban J connectivity index is 1.54. The molecule has 1 saturated heterocycles. The van der Waals surface area contributed by atoms with Crippen LogP contribution in [0.4, 0.5) is 5.69 Å². The van der Waals surface area contributed by atoms with Gasteiger partial charge in [-0.1, -0.05) is 26.0 Å². The number of anilines is 1. The Morgan fingerprint density at radius 2 is 1.87 bits per heavy atom. The summed E-state index contributed by atoms with van der Waals surface area (Å²) in [4.78, 5) is 11.5. The fraction of sp³-hybridized carbons (Fsp3) is 0.500. The van der Waals surface area contributed by atoms with Crippen molar-refractivity contribution in [2.45, 2.75) is 43.9 Å². The first kappa shape index (κ1) is 22.4. The van der Waals surface area contributed by atoms with Gasteiger partial charge < -0.3 is 15.6 Å². The zero-order valence-corrected chi connectivity index (χ0v) is 18.8. The molecule has 164 valence electrons. The van der Waals surface area contributed by atoms with Crippen LogP contribution >= 0.6 is 0 Å². The summed E-state index contributed by atoms with van der Waals surface area (Å²) in [7, 11) is -2.00. The minimum absolute atomic E-state index is 0.122. The summed E-state index contributed by atoms with van der Waals surface area (Å²) >= 11 is 0. The molecule has 2 heterocycles. The van der Waals surface area contributed by atoms with Crippen LogP contribution in [0, 0.1) is 5.92 Å². The van der Waals surface area contributed by atoms with E-state index in [9.17, 15) is 13.2 Å².